The third-order valence-corrected chi connectivity index (χ3v) is 6.44. The Morgan fingerprint density at radius 3 is 2.19 bits per heavy atom. The summed E-state index contributed by atoms with van der Waals surface area (Å²) >= 11 is 12.3. The fraction of sp³-hybridized carbons (Fsp3) is 0.455. The van der Waals surface area contributed by atoms with Crippen LogP contribution in [0.2, 0.25) is 10.0 Å². The van der Waals surface area contributed by atoms with Crippen LogP contribution in [-0.2, 0) is 0 Å². The summed E-state index contributed by atoms with van der Waals surface area (Å²) in [5.41, 5.74) is 3.45. The van der Waals surface area contributed by atoms with Crippen molar-refractivity contribution >= 4 is 23.2 Å². The molecule has 1 aliphatic heterocycles. The second-order valence-corrected chi connectivity index (χ2v) is 8.62. The van der Waals surface area contributed by atoms with Crippen molar-refractivity contribution in [2.45, 2.75) is 24.9 Å². The number of nitrogens with zero attached hydrogens (tertiary/aromatic N) is 1. The lowest BCUT2D eigenvalue weighted by molar-refractivity contribution is 0.000671. The highest BCUT2D eigenvalue weighted by Crippen LogP contribution is 2.40. The van der Waals surface area contributed by atoms with Crippen LogP contribution in [0.4, 0.5) is 0 Å². The SMILES string of the molecule is OC1CCC1C(CN1CCNCC1)c1ccc(-c2cc(Cl)cc(Cl)c2)cc1. The fourth-order valence-electron chi connectivity index (χ4n) is 4.28. The van der Waals surface area contributed by atoms with Gasteiger partial charge in [-0.15, -0.1) is 0 Å². The molecule has 2 N–H and O–H groups in total. The van der Waals surface area contributed by atoms with E-state index in [9.17, 15) is 5.11 Å². The summed E-state index contributed by atoms with van der Waals surface area (Å²) in [4.78, 5) is 2.52. The van der Waals surface area contributed by atoms with Crippen LogP contribution in [0, 0.1) is 5.92 Å². The van der Waals surface area contributed by atoms with Gasteiger partial charge in [0.2, 0.25) is 0 Å². The summed E-state index contributed by atoms with van der Waals surface area (Å²) in [5, 5.41) is 15.0. The summed E-state index contributed by atoms with van der Waals surface area (Å²) in [6, 6.07) is 14.3. The van der Waals surface area contributed by atoms with Gasteiger partial charge in [-0.2, -0.15) is 0 Å². The molecular formula is C22H26Cl2N2O. The highest BCUT2D eigenvalue weighted by Gasteiger charge is 2.37. The van der Waals surface area contributed by atoms with Crippen molar-refractivity contribution < 1.29 is 5.11 Å². The second kappa shape index (κ2) is 8.50. The maximum atomic E-state index is 10.3. The first-order valence-corrected chi connectivity index (χ1v) is 10.5. The van der Waals surface area contributed by atoms with E-state index in [1.54, 1.807) is 6.07 Å². The summed E-state index contributed by atoms with van der Waals surface area (Å²) in [6.45, 7) is 5.28. The molecule has 3 nitrogen and oxygen atoms in total. The molecule has 1 aliphatic carbocycles. The van der Waals surface area contributed by atoms with Crippen LogP contribution in [0.1, 0.15) is 24.3 Å². The molecule has 2 aromatic carbocycles. The van der Waals surface area contributed by atoms with Gasteiger partial charge in [-0.3, -0.25) is 0 Å². The van der Waals surface area contributed by atoms with Crippen molar-refractivity contribution in [3.63, 3.8) is 0 Å². The highest BCUT2D eigenvalue weighted by molar-refractivity contribution is 6.35. The van der Waals surface area contributed by atoms with Crippen molar-refractivity contribution in [3.8, 4) is 11.1 Å². The van der Waals surface area contributed by atoms with E-state index in [-0.39, 0.29) is 6.10 Å². The molecule has 1 heterocycles. The van der Waals surface area contributed by atoms with Gasteiger partial charge in [0.1, 0.15) is 0 Å². The first-order valence-electron chi connectivity index (χ1n) is 9.78. The van der Waals surface area contributed by atoms with Crippen LogP contribution in [0.5, 0.6) is 0 Å². The van der Waals surface area contributed by atoms with Crippen molar-refractivity contribution in [2.24, 2.45) is 5.92 Å². The van der Waals surface area contributed by atoms with Crippen LogP contribution in [0.3, 0.4) is 0 Å². The van der Waals surface area contributed by atoms with E-state index in [1.807, 2.05) is 12.1 Å². The molecular weight excluding hydrogens is 379 g/mol. The first-order chi connectivity index (χ1) is 13.1. The molecule has 2 aromatic rings. The van der Waals surface area contributed by atoms with Crippen LogP contribution in [-0.4, -0.2) is 48.8 Å². The molecule has 0 bridgehead atoms. The third-order valence-electron chi connectivity index (χ3n) is 6.01. The Kier molecular flexibility index (Phi) is 6.05. The van der Waals surface area contributed by atoms with Crippen LogP contribution < -0.4 is 5.32 Å². The fourth-order valence-corrected chi connectivity index (χ4v) is 4.81. The predicted octanol–water partition coefficient (Wildman–Crippen LogP) is 4.42. The van der Waals surface area contributed by atoms with E-state index in [1.165, 1.54) is 5.56 Å². The molecule has 5 heteroatoms. The molecule has 2 fully saturated rings. The standard InChI is InChI=1S/C22H26Cl2N2O/c23-18-11-17(12-19(24)13-18)15-1-3-16(4-2-15)21(20-5-6-22(20)27)14-26-9-7-25-8-10-26/h1-4,11-13,20-22,25,27H,5-10,14H2. The Morgan fingerprint density at radius 1 is 0.963 bits per heavy atom. The van der Waals surface area contributed by atoms with Gasteiger partial charge < -0.3 is 15.3 Å². The summed E-state index contributed by atoms with van der Waals surface area (Å²) < 4.78 is 0. The average Bonchev–Trinajstić information content (AvgIpc) is 2.66. The molecule has 144 valence electrons. The van der Waals surface area contributed by atoms with Gasteiger partial charge in [0.05, 0.1) is 6.10 Å². The number of benzene rings is 2. The van der Waals surface area contributed by atoms with Gasteiger partial charge in [-0.05, 0) is 53.6 Å². The lowest BCUT2D eigenvalue weighted by atomic mass is 9.70. The van der Waals surface area contributed by atoms with Gasteiger partial charge in [0.15, 0.2) is 0 Å². The molecule has 0 radical (unpaired) electrons. The average molecular weight is 405 g/mol. The third kappa shape index (κ3) is 4.49. The molecule has 4 rings (SSSR count). The van der Waals surface area contributed by atoms with Crippen LogP contribution >= 0.6 is 23.2 Å². The quantitative estimate of drug-likeness (QED) is 0.773. The van der Waals surface area contributed by atoms with Crippen molar-refractivity contribution in [1.82, 2.24) is 10.2 Å². The minimum Gasteiger partial charge on any atom is -0.393 e. The summed E-state index contributed by atoms with van der Waals surface area (Å²) in [5.74, 6) is 0.746. The van der Waals surface area contributed by atoms with Crippen molar-refractivity contribution in [1.29, 1.82) is 0 Å². The Bertz CT molecular complexity index is 754. The maximum absolute atomic E-state index is 10.3. The number of piperazine rings is 1. The zero-order valence-electron chi connectivity index (χ0n) is 15.4. The van der Waals surface area contributed by atoms with E-state index in [4.69, 9.17) is 23.2 Å². The van der Waals surface area contributed by atoms with Crippen LogP contribution in [0.15, 0.2) is 42.5 Å². The lowest BCUT2D eigenvalue weighted by Crippen LogP contribution is -2.47. The molecule has 0 spiro atoms. The smallest absolute Gasteiger partial charge is 0.0574 e. The zero-order chi connectivity index (χ0) is 18.8. The van der Waals surface area contributed by atoms with Gasteiger partial charge in [-0.25, -0.2) is 0 Å². The van der Waals surface area contributed by atoms with Gasteiger partial charge >= 0.3 is 0 Å². The Balaban J connectivity index is 1.56. The predicted molar refractivity (Wildman–Crippen MR) is 113 cm³/mol. The normalized spacial score (nSPS) is 24.4. The topological polar surface area (TPSA) is 35.5 Å². The summed E-state index contributed by atoms with van der Waals surface area (Å²) in [6.07, 6.45) is 1.88. The van der Waals surface area contributed by atoms with E-state index in [0.29, 0.717) is 21.9 Å². The number of aliphatic hydroxyl groups excluding tert-OH is 1. The Hall–Kier alpha value is -1.10. The number of rotatable bonds is 5. The molecule has 3 atom stereocenters. The molecule has 3 unspecified atom stereocenters. The number of aliphatic hydroxyl groups is 1. The largest absolute Gasteiger partial charge is 0.393 e. The van der Waals surface area contributed by atoms with Gasteiger partial charge in [0, 0.05) is 48.7 Å². The van der Waals surface area contributed by atoms with E-state index >= 15 is 0 Å². The molecule has 27 heavy (non-hydrogen) atoms. The number of hydrogen-bond acceptors (Lipinski definition) is 3. The molecule has 1 saturated carbocycles. The lowest BCUT2D eigenvalue weighted by Gasteiger charge is -2.42. The Labute approximate surface area is 171 Å². The highest BCUT2D eigenvalue weighted by atomic mass is 35.5. The van der Waals surface area contributed by atoms with E-state index < -0.39 is 0 Å². The van der Waals surface area contributed by atoms with Crippen molar-refractivity contribution in [3.05, 3.63) is 58.1 Å². The molecule has 0 amide bonds. The zero-order valence-corrected chi connectivity index (χ0v) is 16.9. The van der Waals surface area contributed by atoms with Gasteiger partial charge in [-0.1, -0.05) is 47.5 Å². The first kappa shape index (κ1) is 19.2. The van der Waals surface area contributed by atoms with E-state index in [0.717, 1.165) is 56.7 Å². The van der Waals surface area contributed by atoms with Gasteiger partial charge in [0.25, 0.3) is 0 Å². The molecule has 2 aliphatic rings. The van der Waals surface area contributed by atoms with E-state index in [2.05, 4.69) is 34.5 Å². The minimum atomic E-state index is -0.163. The number of nitrogens with one attached hydrogen (secondary N) is 1. The monoisotopic (exact) mass is 404 g/mol. The van der Waals surface area contributed by atoms with Crippen molar-refractivity contribution in [2.75, 3.05) is 32.7 Å². The molecule has 0 aromatic heterocycles. The molecule has 1 saturated heterocycles. The number of halogens is 2. The minimum absolute atomic E-state index is 0.163. The van der Waals surface area contributed by atoms with Crippen LogP contribution in [0.25, 0.3) is 11.1 Å². The summed E-state index contributed by atoms with van der Waals surface area (Å²) in [7, 11) is 0. The maximum Gasteiger partial charge on any atom is 0.0574 e. The second-order valence-electron chi connectivity index (χ2n) is 7.75. The Morgan fingerprint density at radius 2 is 1.63 bits per heavy atom. The number of hydrogen-bond donors (Lipinski definition) is 2.